The van der Waals surface area contributed by atoms with E-state index in [0.717, 1.165) is 46.9 Å². The largest absolute Gasteiger partial charge is 0.484 e. The molecule has 1 heterocycles. The van der Waals surface area contributed by atoms with Crippen molar-refractivity contribution in [2.45, 2.75) is 33.4 Å². The number of benzene rings is 1. The van der Waals surface area contributed by atoms with Crippen molar-refractivity contribution in [1.29, 1.82) is 0 Å². The van der Waals surface area contributed by atoms with Crippen LogP contribution in [0.4, 0.5) is 0 Å². The number of aryl methyl sites for hydroxylation is 1. The second-order valence-corrected chi connectivity index (χ2v) is 5.77. The van der Waals surface area contributed by atoms with E-state index in [1.54, 1.807) is 0 Å². The van der Waals surface area contributed by atoms with Crippen molar-refractivity contribution in [2.24, 2.45) is 7.05 Å². The number of halogens is 1. The molecule has 0 atom stereocenters. The fourth-order valence-electron chi connectivity index (χ4n) is 1.97. The molecule has 0 fully saturated rings. The van der Waals surface area contributed by atoms with Gasteiger partial charge in [0.2, 0.25) is 0 Å². The van der Waals surface area contributed by atoms with E-state index in [1.165, 1.54) is 0 Å². The van der Waals surface area contributed by atoms with Gasteiger partial charge < -0.3 is 14.6 Å². The van der Waals surface area contributed by atoms with Gasteiger partial charge >= 0.3 is 0 Å². The first kappa shape index (κ1) is 16.0. The SMILES string of the molecule is CCCNCc1cccc(Br)c1OCc1nnc(C)n1C. The molecule has 0 aliphatic carbocycles. The first-order valence-electron chi connectivity index (χ1n) is 7.09. The van der Waals surface area contributed by atoms with Crippen LogP contribution in [0.15, 0.2) is 22.7 Å². The number of hydrogen-bond donors (Lipinski definition) is 1. The summed E-state index contributed by atoms with van der Waals surface area (Å²) in [6.45, 7) is 6.27. The van der Waals surface area contributed by atoms with Gasteiger partial charge in [-0.2, -0.15) is 0 Å². The lowest BCUT2D eigenvalue weighted by Gasteiger charge is -2.13. The highest BCUT2D eigenvalue weighted by molar-refractivity contribution is 9.10. The molecule has 0 saturated carbocycles. The summed E-state index contributed by atoms with van der Waals surface area (Å²) in [6.07, 6.45) is 1.11. The quantitative estimate of drug-likeness (QED) is 0.778. The fraction of sp³-hybridized carbons (Fsp3) is 0.467. The molecule has 2 rings (SSSR count). The molecule has 5 nitrogen and oxygen atoms in total. The average Bonchev–Trinajstić information content (AvgIpc) is 2.78. The summed E-state index contributed by atoms with van der Waals surface area (Å²) in [7, 11) is 1.94. The molecule has 0 unspecified atom stereocenters. The normalized spacial score (nSPS) is 10.9. The topological polar surface area (TPSA) is 52.0 Å². The van der Waals surface area contributed by atoms with E-state index in [-0.39, 0.29) is 0 Å². The van der Waals surface area contributed by atoms with E-state index in [9.17, 15) is 0 Å². The maximum absolute atomic E-state index is 5.97. The third-order valence-corrected chi connectivity index (χ3v) is 3.94. The lowest BCUT2D eigenvalue weighted by atomic mass is 10.2. The molecule has 1 aromatic carbocycles. The highest BCUT2D eigenvalue weighted by atomic mass is 79.9. The molecule has 2 aromatic rings. The Kier molecular flexibility index (Phi) is 5.76. The van der Waals surface area contributed by atoms with Gasteiger partial charge in [-0.1, -0.05) is 19.1 Å². The Hall–Kier alpha value is -1.40. The van der Waals surface area contributed by atoms with E-state index in [1.807, 2.05) is 30.7 Å². The highest BCUT2D eigenvalue weighted by Gasteiger charge is 2.11. The number of nitrogens with zero attached hydrogens (tertiary/aromatic N) is 3. The molecule has 1 aromatic heterocycles. The van der Waals surface area contributed by atoms with E-state index in [4.69, 9.17) is 4.74 Å². The second-order valence-electron chi connectivity index (χ2n) is 4.92. The van der Waals surface area contributed by atoms with Crippen LogP contribution < -0.4 is 10.1 Å². The lowest BCUT2D eigenvalue weighted by Crippen LogP contribution is -2.15. The zero-order valence-electron chi connectivity index (χ0n) is 12.7. The van der Waals surface area contributed by atoms with E-state index in [2.05, 4.69) is 44.4 Å². The van der Waals surface area contributed by atoms with Crippen molar-refractivity contribution >= 4 is 15.9 Å². The minimum absolute atomic E-state index is 0.404. The first-order chi connectivity index (χ1) is 10.1. The molecule has 0 amide bonds. The van der Waals surface area contributed by atoms with Gasteiger partial charge in [0.25, 0.3) is 0 Å². The molecular formula is C15H21BrN4O. The third kappa shape index (κ3) is 4.04. The Balaban J connectivity index is 2.09. The smallest absolute Gasteiger partial charge is 0.170 e. The number of rotatable bonds is 7. The zero-order chi connectivity index (χ0) is 15.2. The predicted octanol–water partition coefficient (Wildman–Crippen LogP) is 2.96. The molecule has 0 aliphatic heterocycles. The zero-order valence-corrected chi connectivity index (χ0v) is 14.3. The Morgan fingerprint density at radius 2 is 2.14 bits per heavy atom. The van der Waals surface area contributed by atoms with Gasteiger partial charge in [0.05, 0.1) is 4.47 Å². The maximum atomic E-state index is 5.97. The number of nitrogens with one attached hydrogen (secondary N) is 1. The van der Waals surface area contributed by atoms with Crippen LogP contribution >= 0.6 is 15.9 Å². The molecular weight excluding hydrogens is 332 g/mol. The molecule has 0 spiro atoms. The first-order valence-corrected chi connectivity index (χ1v) is 7.88. The van der Waals surface area contributed by atoms with E-state index >= 15 is 0 Å². The number of hydrogen-bond acceptors (Lipinski definition) is 4. The fourth-order valence-corrected chi connectivity index (χ4v) is 2.49. The predicted molar refractivity (Wildman–Crippen MR) is 86.2 cm³/mol. The molecule has 1 N–H and O–H groups in total. The Morgan fingerprint density at radius 1 is 1.33 bits per heavy atom. The van der Waals surface area contributed by atoms with Gasteiger partial charge in [-0.25, -0.2) is 0 Å². The minimum atomic E-state index is 0.404. The van der Waals surface area contributed by atoms with Gasteiger partial charge in [-0.3, -0.25) is 0 Å². The maximum Gasteiger partial charge on any atom is 0.170 e. The third-order valence-electron chi connectivity index (χ3n) is 3.32. The Labute approximate surface area is 133 Å². The summed E-state index contributed by atoms with van der Waals surface area (Å²) in [5, 5.41) is 11.6. The highest BCUT2D eigenvalue weighted by Crippen LogP contribution is 2.29. The molecule has 0 aliphatic rings. The number of ether oxygens (including phenoxy) is 1. The van der Waals surface area contributed by atoms with Crippen molar-refractivity contribution in [2.75, 3.05) is 6.54 Å². The Bertz CT molecular complexity index is 597. The van der Waals surface area contributed by atoms with Crippen LogP contribution in [-0.2, 0) is 20.2 Å². The molecule has 0 radical (unpaired) electrons. The van der Waals surface area contributed by atoms with Crippen molar-refractivity contribution in [1.82, 2.24) is 20.1 Å². The molecule has 0 bridgehead atoms. The standard InChI is InChI=1S/C15H21BrN4O/c1-4-8-17-9-12-6-5-7-13(16)15(12)21-10-14-19-18-11(2)20(14)3/h5-7,17H,4,8-10H2,1-3H3. The van der Waals surface area contributed by atoms with Crippen molar-refractivity contribution in [3.8, 4) is 5.75 Å². The van der Waals surface area contributed by atoms with Crippen LogP contribution in [0, 0.1) is 6.92 Å². The molecule has 0 saturated heterocycles. The summed E-state index contributed by atoms with van der Waals surface area (Å²) >= 11 is 3.56. The van der Waals surface area contributed by atoms with Gasteiger partial charge in [-0.05, 0) is 41.9 Å². The van der Waals surface area contributed by atoms with Gasteiger partial charge in [0, 0.05) is 19.2 Å². The van der Waals surface area contributed by atoms with Gasteiger partial charge in [-0.15, -0.1) is 10.2 Å². The average molecular weight is 353 g/mol. The van der Waals surface area contributed by atoms with Crippen LogP contribution in [0.1, 0.15) is 30.6 Å². The van der Waals surface area contributed by atoms with Gasteiger partial charge in [0.1, 0.15) is 18.2 Å². The van der Waals surface area contributed by atoms with Crippen molar-refractivity contribution in [3.63, 3.8) is 0 Å². The van der Waals surface area contributed by atoms with Crippen molar-refractivity contribution < 1.29 is 4.74 Å². The van der Waals surface area contributed by atoms with Crippen LogP contribution in [0.5, 0.6) is 5.75 Å². The van der Waals surface area contributed by atoms with E-state index in [0.29, 0.717) is 6.61 Å². The van der Waals surface area contributed by atoms with E-state index < -0.39 is 0 Å². The van der Waals surface area contributed by atoms with Gasteiger partial charge in [0.15, 0.2) is 5.82 Å². The summed E-state index contributed by atoms with van der Waals surface area (Å²) < 4.78 is 8.86. The molecule has 114 valence electrons. The second kappa shape index (κ2) is 7.56. The summed E-state index contributed by atoms with van der Waals surface area (Å²) in [5.74, 6) is 2.56. The van der Waals surface area contributed by atoms with Crippen LogP contribution in [0.25, 0.3) is 0 Å². The summed E-state index contributed by atoms with van der Waals surface area (Å²) in [5.41, 5.74) is 1.14. The lowest BCUT2D eigenvalue weighted by molar-refractivity contribution is 0.285. The van der Waals surface area contributed by atoms with Crippen LogP contribution in [-0.4, -0.2) is 21.3 Å². The molecule has 6 heteroatoms. The summed E-state index contributed by atoms with van der Waals surface area (Å²) in [4.78, 5) is 0. The number of para-hydroxylation sites is 1. The van der Waals surface area contributed by atoms with Crippen LogP contribution in [0.3, 0.4) is 0 Å². The monoisotopic (exact) mass is 352 g/mol. The minimum Gasteiger partial charge on any atom is -0.484 e. The summed E-state index contributed by atoms with van der Waals surface area (Å²) in [6, 6.07) is 6.08. The van der Waals surface area contributed by atoms with Crippen molar-refractivity contribution in [3.05, 3.63) is 39.9 Å². The molecule has 21 heavy (non-hydrogen) atoms. The Morgan fingerprint density at radius 3 is 2.81 bits per heavy atom. The number of aromatic nitrogens is 3. The van der Waals surface area contributed by atoms with Crippen LogP contribution in [0.2, 0.25) is 0 Å².